The van der Waals surface area contributed by atoms with Crippen LogP contribution in [0.2, 0.25) is 5.02 Å². The lowest BCUT2D eigenvalue weighted by Crippen LogP contribution is -2.31. The normalized spacial score (nSPS) is 30.5. The average Bonchev–Trinajstić information content (AvgIpc) is 3.22. The van der Waals surface area contributed by atoms with E-state index in [1.165, 1.54) is 11.3 Å². The van der Waals surface area contributed by atoms with Crippen molar-refractivity contribution in [2.75, 3.05) is 5.32 Å². The third-order valence-electron chi connectivity index (χ3n) is 4.84. The van der Waals surface area contributed by atoms with E-state index in [-0.39, 0.29) is 12.5 Å². The van der Waals surface area contributed by atoms with Crippen LogP contribution in [0.15, 0.2) is 29.6 Å². The van der Waals surface area contributed by atoms with E-state index < -0.39 is 23.0 Å². The van der Waals surface area contributed by atoms with Gasteiger partial charge in [0.1, 0.15) is 6.10 Å². The summed E-state index contributed by atoms with van der Waals surface area (Å²) in [5.41, 5.74) is -0.825. The highest BCUT2D eigenvalue weighted by molar-refractivity contribution is 7.13. The molecule has 1 spiro atoms. The molecule has 1 N–H and O–H groups in total. The Labute approximate surface area is 159 Å². The minimum absolute atomic E-state index is 0.233. The van der Waals surface area contributed by atoms with Crippen LogP contribution in [0.3, 0.4) is 0 Å². The van der Waals surface area contributed by atoms with Gasteiger partial charge in [-0.25, -0.2) is 4.98 Å². The smallest absolute Gasteiger partial charge is 0.324 e. The highest BCUT2D eigenvalue weighted by Gasteiger charge is 2.65. The van der Waals surface area contributed by atoms with Crippen molar-refractivity contribution >= 4 is 45.7 Å². The van der Waals surface area contributed by atoms with Crippen LogP contribution in [0.25, 0.3) is 0 Å². The van der Waals surface area contributed by atoms with Crippen LogP contribution in [0.4, 0.5) is 10.8 Å². The fraction of sp³-hybridized carbons (Fsp3) is 0.389. The lowest BCUT2D eigenvalue weighted by atomic mass is 9.78. The Morgan fingerprint density at radius 1 is 1.31 bits per heavy atom. The molecule has 0 aliphatic carbocycles. The van der Waals surface area contributed by atoms with Crippen molar-refractivity contribution in [3.05, 3.63) is 40.4 Å². The summed E-state index contributed by atoms with van der Waals surface area (Å²) < 4.78 is 10.8. The van der Waals surface area contributed by atoms with Crippen molar-refractivity contribution in [2.45, 2.75) is 38.4 Å². The van der Waals surface area contributed by atoms with E-state index in [9.17, 15) is 9.59 Å². The Hall–Kier alpha value is -2.12. The number of nitrogens with one attached hydrogen (secondary N) is 1. The number of benzene rings is 1. The van der Waals surface area contributed by atoms with Crippen molar-refractivity contribution in [1.82, 2.24) is 4.98 Å². The fourth-order valence-electron chi connectivity index (χ4n) is 3.60. The molecule has 4 rings (SSSR count). The van der Waals surface area contributed by atoms with Crippen LogP contribution in [0.5, 0.6) is 0 Å². The molecule has 0 saturated carbocycles. The Balaban J connectivity index is 1.59. The van der Waals surface area contributed by atoms with Crippen molar-refractivity contribution in [3.63, 3.8) is 0 Å². The molecule has 1 aromatic carbocycles. The summed E-state index contributed by atoms with van der Waals surface area (Å²) in [5, 5.41) is 6.21. The molecule has 0 bridgehead atoms. The summed E-state index contributed by atoms with van der Waals surface area (Å²) in [7, 11) is 0. The topological polar surface area (TPSA) is 77.5 Å². The molecule has 3 heterocycles. The lowest BCUT2D eigenvalue weighted by Gasteiger charge is -2.20. The first kappa shape index (κ1) is 17.3. The predicted octanol–water partition coefficient (Wildman–Crippen LogP) is 4.02. The van der Waals surface area contributed by atoms with E-state index in [2.05, 4.69) is 10.3 Å². The Morgan fingerprint density at radius 2 is 2.08 bits per heavy atom. The average molecular weight is 393 g/mol. The molecule has 2 fully saturated rings. The number of rotatable bonds is 3. The van der Waals surface area contributed by atoms with E-state index in [0.717, 1.165) is 5.69 Å². The molecule has 2 aromatic rings. The van der Waals surface area contributed by atoms with E-state index >= 15 is 0 Å². The molecule has 0 radical (unpaired) electrons. The number of ether oxygens (including phenoxy) is 2. The van der Waals surface area contributed by atoms with Gasteiger partial charge >= 0.3 is 11.9 Å². The quantitative estimate of drug-likeness (QED) is 0.627. The molecular weight excluding hydrogens is 376 g/mol. The zero-order valence-electron chi connectivity index (χ0n) is 14.2. The number of carbonyl (C=O) groups excluding carboxylic acids is 2. The van der Waals surface area contributed by atoms with Gasteiger partial charge in [0.2, 0.25) is 0 Å². The third kappa shape index (κ3) is 2.66. The number of carbonyl (C=O) groups is 2. The van der Waals surface area contributed by atoms with Crippen LogP contribution in [0, 0.1) is 5.41 Å². The van der Waals surface area contributed by atoms with Crippen molar-refractivity contribution in [1.29, 1.82) is 0 Å². The first-order valence-corrected chi connectivity index (χ1v) is 9.50. The summed E-state index contributed by atoms with van der Waals surface area (Å²) in [5.74, 6) is -1.02. The molecule has 1 aromatic heterocycles. The number of nitrogens with zero attached hydrogens (tertiary/aromatic N) is 1. The standard InChI is InChI=1S/C18H17ClN2O4S/c1-10-7-18(14(22)24-10)9-17(2,25-15(18)23)13-8-26-16(21-13)20-12-6-4-3-5-11(12)19/h3-6,8,10H,7,9H2,1-2H3,(H,20,21)/t10?,17-,18-/m0/s1. The molecular formula is C18H17ClN2O4S. The van der Waals surface area contributed by atoms with Crippen LogP contribution in [-0.4, -0.2) is 23.0 Å². The van der Waals surface area contributed by atoms with Crippen molar-refractivity contribution < 1.29 is 19.1 Å². The maximum Gasteiger partial charge on any atom is 0.324 e. The van der Waals surface area contributed by atoms with Gasteiger partial charge in [0, 0.05) is 18.2 Å². The zero-order chi connectivity index (χ0) is 18.5. The SMILES string of the molecule is CC1C[C@]2(C[C@@](C)(c3csc(Nc4ccccc4Cl)n3)OC2=O)C(=O)O1. The van der Waals surface area contributed by atoms with Crippen LogP contribution in [0.1, 0.15) is 32.4 Å². The van der Waals surface area contributed by atoms with Crippen LogP contribution < -0.4 is 5.32 Å². The van der Waals surface area contributed by atoms with E-state index in [0.29, 0.717) is 22.3 Å². The summed E-state index contributed by atoms with van der Waals surface area (Å²) in [6.07, 6.45) is 0.289. The van der Waals surface area contributed by atoms with E-state index in [1.54, 1.807) is 19.9 Å². The number of halogens is 1. The van der Waals surface area contributed by atoms with Gasteiger partial charge < -0.3 is 14.8 Å². The van der Waals surface area contributed by atoms with Crippen LogP contribution in [-0.2, 0) is 24.7 Å². The van der Waals surface area contributed by atoms with Gasteiger partial charge in [-0.2, -0.15) is 0 Å². The van der Waals surface area contributed by atoms with Crippen molar-refractivity contribution in [2.24, 2.45) is 5.41 Å². The van der Waals surface area contributed by atoms with Gasteiger partial charge in [0.25, 0.3) is 0 Å². The van der Waals surface area contributed by atoms with Gasteiger partial charge in [-0.3, -0.25) is 9.59 Å². The molecule has 0 amide bonds. The molecule has 1 unspecified atom stereocenters. The fourth-order valence-corrected chi connectivity index (χ4v) is 4.63. The summed E-state index contributed by atoms with van der Waals surface area (Å²) in [4.78, 5) is 29.3. The molecule has 2 aliphatic heterocycles. The van der Waals surface area contributed by atoms with Gasteiger partial charge in [0.05, 0.1) is 16.4 Å². The predicted molar refractivity (Wildman–Crippen MR) is 97.5 cm³/mol. The summed E-state index contributed by atoms with van der Waals surface area (Å²) >= 11 is 7.54. The van der Waals surface area contributed by atoms with E-state index in [1.807, 2.05) is 23.6 Å². The number of aromatic nitrogens is 1. The third-order valence-corrected chi connectivity index (χ3v) is 5.93. The number of hydrogen-bond acceptors (Lipinski definition) is 7. The zero-order valence-corrected chi connectivity index (χ0v) is 15.8. The monoisotopic (exact) mass is 392 g/mol. The molecule has 2 saturated heterocycles. The molecule has 2 aliphatic rings. The number of thiazole rings is 1. The molecule has 136 valence electrons. The maximum atomic E-state index is 12.5. The second-order valence-electron chi connectivity index (χ2n) is 6.94. The Bertz CT molecular complexity index is 901. The second kappa shape index (κ2) is 5.96. The number of cyclic esters (lactones) is 2. The maximum absolute atomic E-state index is 12.5. The van der Waals surface area contributed by atoms with Gasteiger partial charge in [-0.1, -0.05) is 23.7 Å². The minimum atomic E-state index is -1.21. The minimum Gasteiger partial charge on any atom is -0.462 e. The molecule has 3 atom stereocenters. The summed E-state index contributed by atoms with van der Waals surface area (Å²) in [6, 6.07) is 7.36. The number of esters is 2. The van der Waals surface area contributed by atoms with Gasteiger partial charge in [0.15, 0.2) is 16.1 Å². The van der Waals surface area contributed by atoms with Crippen molar-refractivity contribution in [3.8, 4) is 0 Å². The first-order valence-electron chi connectivity index (χ1n) is 8.24. The lowest BCUT2D eigenvalue weighted by molar-refractivity contribution is -0.160. The van der Waals surface area contributed by atoms with E-state index in [4.69, 9.17) is 21.1 Å². The summed E-state index contributed by atoms with van der Waals surface area (Å²) in [6.45, 7) is 3.56. The molecule has 8 heteroatoms. The number of para-hydroxylation sites is 1. The molecule has 26 heavy (non-hydrogen) atoms. The largest absolute Gasteiger partial charge is 0.462 e. The Kier molecular flexibility index (Phi) is 3.96. The van der Waals surface area contributed by atoms with Gasteiger partial charge in [-0.15, -0.1) is 11.3 Å². The Morgan fingerprint density at radius 3 is 2.77 bits per heavy atom. The first-order chi connectivity index (χ1) is 12.3. The number of anilines is 2. The highest BCUT2D eigenvalue weighted by atomic mass is 35.5. The highest BCUT2D eigenvalue weighted by Crippen LogP contribution is 2.52. The molecule has 6 nitrogen and oxygen atoms in total. The van der Waals surface area contributed by atoms with Crippen LogP contribution >= 0.6 is 22.9 Å². The number of hydrogen-bond donors (Lipinski definition) is 1. The van der Waals surface area contributed by atoms with Gasteiger partial charge in [-0.05, 0) is 26.0 Å². The second-order valence-corrected chi connectivity index (χ2v) is 8.21.